The monoisotopic (exact) mass is 425 g/mol. The van der Waals surface area contributed by atoms with E-state index in [1.807, 2.05) is 41.3 Å². The van der Waals surface area contributed by atoms with Crippen LogP contribution in [0.1, 0.15) is 37.5 Å². The number of hydrogen-bond acceptors (Lipinski definition) is 3. The SMILES string of the molecule is NC(=O)c1ccccc1OCc1cccc(C(=O)N2CCc3[nH]c4ccccc4c3C2)c1. The molecule has 0 saturated heterocycles. The van der Waals surface area contributed by atoms with Gasteiger partial charge in [-0.3, -0.25) is 9.59 Å². The van der Waals surface area contributed by atoms with Gasteiger partial charge in [-0.05, 0) is 35.9 Å². The number of aromatic nitrogens is 1. The summed E-state index contributed by atoms with van der Waals surface area (Å²) in [7, 11) is 0. The molecule has 4 aromatic rings. The van der Waals surface area contributed by atoms with Gasteiger partial charge >= 0.3 is 0 Å². The molecule has 0 unspecified atom stereocenters. The van der Waals surface area contributed by atoms with E-state index < -0.39 is 5.91 Å². The van der Waals surface area contributed by atoms with E-state index in [1.165, 1.54) is 16.6 Å². The smallest absolute Gasteiger partial charge is 0.254 e. The Balaban J connectivity index is 1.32. The van der Waals surface area contributed by atoms with Gasteiger partial charge in [-0.2, -0.15) is 0 Å². The molecule has 0 aliphatic carbocycles. The molecular formula is C26H23N3O3. The van der Waals surface area contributed by atoms with Gasteiger partial charge in [0.2, 0.25) is 0 Å². The Hall–Kier alpha value is -4.06. The Morgan fingerprint density at radius 3 is 2.69 bits per heavy atom. The van der Waals surface area contributed by atoms with E-state index in [0.29, 0.717) is 30.0 Å². The summed E-state index contributed by atoms with van der Waals surface area (Å²) in [6, 6.07) is 22.5. The number of rotatable bonds is 5. The van der Waals surface area contributed by atoms with Crippen LogP contribution in [0.5, 0.6) is 5.75 Å². The number of primary amides is 1. The molecule has 0 fully saturated rings. The van der Waals surface area contributed by atoms with E-state index in [4.69, 9.17) is 10.5 Å². The fraction of sp³-hybridized carbons (Fsp3) is 0.154. The zero-order chi connectivity index (χ0) is 22.1. The average Bonchev–Trinajstić information content (AvgIpc) is 3.20. The van der Waals surface area contributed by atoms with Crippen LogP contribution < -0.4 is 10.5 Å². The number of nitrogens with two attached hydrogens (primary N) is 1. The van der Waals surface area contributed by atoms with Crippen LogP contribution in [0.3, 0.4) is 0 Å². The molecule has 6 heteroatoms. The second-order valence-corrected chi connectivity index (χ2v) is 7.95. The minimum atomic E-state index is -0.536. The third-order valence-corrected chi connectivity index (χ3v) is 5.89. The van der Waals surface area contributed by atoms with Gasteiger partial charge in [-0.15, -0.1) is 0 Å². The first-order chi connectivity index (χ1) is 15.6. The number of amides is 2. The quantitative estimate of drug-likeness (QED) is 0.506. The molecule has 0 atom stereocenters. The van der Waals surface area contributed by atoms with E-state index in [9.17, 15) is 9.59 Å². The number of benzene rings is 3. The van der Waals surface area contributed by atoms with Crippen molar-refractivity contribution < 1.29 is 14.3 Å². The van der Waals surface area contributed by atoms with Gasteiger partial charge in [0.15, 0.2) is 0 Å². The predicted octanol–water partition coefficient (Wildman–Crippen LogP) is 4.04. The Morgan fingerprint density at radius 1 is 1.00 bits per heavy atom. The summed E-state index contributed by atoms with van der Waals surface area (Å²) in [6.07, 6.45) is 0.808. The van der Waals surface area contributed by atoms with Crippen molar-refractivity contribution >= 4 is 22.7 Å². The van der Waals surface area contributed by atoms with Gasteiger partial charge in [0.1, 0.15) is 12.4 Å². The zero-order valence-electron chi connectivity index (χ0n) is 17.5. The standard InChI is InChI=1S/C26H23N3O3/c27-25(30)20-9-2-4-11-24(20)32-16-17-6-5-7-18(14-17)26(31)29-13-12-23-21(15-29)19-8-1-3-10-22(19)28-23/h1-11,14,28H,12-13,15-16H2,(H2,27,30). The molecule has 1 aromatic heterocycles. The zero-order valence-corrected chi connectivity index (χ0v) is 17.5. The third-order valence-electron chi connectivity index (χ3n) is 5.89. The highest BCUT2D eigenvalue weighted by Crippen LogP contribution is 2.28. The van der Waals surface area contributed by atoms with E-state index in [0.717, 1.165) is 17.5 Å². The third kappa shape index (κ3) is 3.71. The van der Waals surface area contributed by atoms with Crippen molar-refractivity contribution in [3.8, 4) is 5.75 Å². The summed E-state index contributed by atoms with van der Waals surface area (Å²) in [5, 5.41) is 1.18. The van der Waals surface area contributed by atoms with Gasteiger partial charge in [-0.1, -0.05) is 42.5 Å². The molecule has 1 aliphatic heterocycles. The molecule has 3 N–H and O–H groups in total. The van der Waals surface area contributed by atoms with Crippen molar-refractivity contribution in [1.82, 2.24) is 9.88 Å². The number of H-pyrrole nitrogens is 1. The summed E-state index contributed by atoms with van der Waals surface area (Å²) in [4.78, 5) is 30.2. The van der Waals surface area contributed by atoms with Crippen LogP contribution in [0.25, 0.3) is 10.9 Å². The van der Waals surface area contributed by atoms with Crippen LogP contribution in [0.15, 0.2) is 72.8 Å². The lowest BCUT2D eigenvalue weighted by Crippen LogP contribution is -2.35. The normalized spacial score (nSPS) is 13.1. The Kier molecular flexibility index (Phi) is 5.11. The molecule has 160 valence electrons. The van der Waals surface area contributed by atoms with Crippen molar-refractivity contribution in [2.24, 2.45) is 5.73 Å². The van der Waals surface area contributed by atoms with E-state index in [2.05, 4.69) is 17.1 Å². The van der Waals surface area contributed by atoms with E-state index in [-0.39, 0.29) is 12.5 Å². The van der Waals surface area contributed by atoms with Crippen LogP contribution in [0.4, 0.5) is 0 Å². The number of carbonyl (C=O) groups is 2. The topological polar surface area (TPSA) is 88.4 Å². The molecule has 0 radical (unpaired) electrons. The molecule has 5 rings (SSSR count). The number of ether oxygens (including phenoxy) is 1. The molecule has 1 aliphatic rings. The maximum Gasteiger partial charge on any atom is 0.254 e. The van der Waals surface area contributed by atoms with Crippen LogP contribution in [-0.2, 0) is 19.6 Å². The molecule has 0 saturated carbocycles. The molecule has 6 nitrogen and oxygen atoms in total. The van der Waals surface area contributed by atoms with Crippen LogP contribution in [0, 0.1) is 0 Å². The molecule has 2 heterocycles. The Labute approximate surface area is 185 Å². The van der Waals surface area contributed by atoms with E-state index in [1.54, 1.807) is 24.3 Å². The van der Waals surface area contributed by atoms with Crippen molar-refractivity contribution in [3.05, 3.63) is 101 Å². The predicted molar refractivity (Wildman–Crippen MR) is 122 cm³/mol. The Bertz CT molecular complexity index is 1320. The number of para-hydroxylation sites is 2. The fourth-order valence-electron chi connectivity index (χ4n) is 4.27. The highest BCUT2D eigenvalue weighted by molar-refractivity contribution is 5.96. The maximum absolute atomic E-state index is 13.3. The number of fused-ring (bicyclic) bond motifs is 3. The number of carbonyl (C=O) groups excluding carboxylic acids is 2. The average molecular weight is 425 g/mol. The van der Waals surface area contributed by atoms with Crippen molar-refractivity contribution in [3.63, 3.8) is 0 Å². The summed E-state index contributed by atoms with van der Waals surface area (Å²) in [5.74, 6) is -0.105. The first-order valence-corrected chi connectivity index (χ1v) is 10.6. The largest absolute Gasteiger partial charge is 0.488 e. The fourth-order valence-corrected chi connectivity index (χ4v) is 4.27. The minimum Gasteiger partial charge on any atom is -0.488 e. The van der Waals surface area contributed by atoms with Crippen molar-refractivity contribution in [1.29, 1.82) is 0 Å². The minimum absolute atomic E-state index is 0.000294. The van der Waals surface area contributed by atoms with Gasteiger partial charge in [-0.25, -0.2) is 0 Å². The summed E-state index contributed by atoms with van der Waals surface area (Å²) >= 11 is 0. The van der Waals surface area contributed by atoms with Crippen molar-refractivity contribution in [2.75, 3.05) is 6.54 Å². The first-order valence-electron chi connectivity index (χ1n) is 10.6. The van der Waals surface area contributed by atoms with Crippen LogP contribution >= 0.6 is 0 Å². The van der Waals surface area contributed by atoms with Crippen LogP contribution in [0.2, 0.25) is 0 Å². The molecule has 0 spiro atoms. The lowest BCUT2D eigenvalue weighted by atomic mass is 10.0. The number of hydrogen-bond donors (Lipinski definition) is 2. The van der Waals surface area contributed by atoms with Gasteiger partial charge in [0, 0.05) is 47.2 Å². The number of aromatic amines is 1. The van der Waals surface area contributed by atoms with E-state index >= 15 is 0 Å². The maximum atomic E-state index is 13.3. The molecule has 32 heavy (non-hydrogen) atoms. The first kappa shape index (κ1) is 19.9. The van der Waals surface area contributed by atoms with Gasteiger partial charge < -0.3 is 20.4 Å². The summed E-state index contributed by atoms with van der Waals surface area (Å²) < 4.78 is 5.82. The van der Waals surface area contributed by atoms with Gasteiger partial charge in [0.05, 0.1) is 5.56 Å². The Morgan fingerprint density at radius 2 is 1.81 bits per heavy atom. The molecular weight excluding hydrogens is 402 g/mol. The second kappa shape index (κ2) is 8.23. The lowest BCUT2D eigenvalue weighted by molar-refractivity contribution is 0.0734. The second-order valence-electron chi connectivity index (χ2n) is 7.95. The van der Waals surface area contributed by atoms with Crippen LogP contribution in [-0.4, -0.2) is 28.2 Å². The molecule has 3 aromatic carbocycles. The highest BCUT2D eigenvalue weighted by atomic mass is 16.5. The summed E-state index contributed by atoms with van der Waals surface area (Å²) in [6.45, 7) is 1.49. The van der Waals surface area contributed by atoms with Gasteiger partial charge in [0.25, 0.3) is 11.8 Å². The molecule has 0 bridgehead atoms. The number of nitrogens with one attached hydrogen (secondary N) is 1. The van der Waals surface area contributed by atoms with Crippen molar-refractivity contribution in [2.45, 2.75) is 19.6 Å². The molecule has 2 amide bonds. The summed E-state index contributed by atoms with van der Waals surface area (Å²) in [5.41, 5.74) is 10.7. The highest BCUT2D eigenvalue weighted by Gasteiger charge is 2.24. The lowest BCUT2D eigenvalue weighted by Gasteiger charge is -2.27. The number of nitrogens with zero attached hydrogens (tertiary/aromatic N) is 1.